The van der Waals surface area contributed by atoms with Gasteiger partial charge in [0.2, 0.25) is 0 Å². The molecule has 0 aromatic heterocycles. The molecule has 1 unspecified atom stereocenters. The number of hydrogen-bond acceptors (Lipinski definition) is 5. The first-order valence-corrected chi connectivity index (χ1v) is 7.23. The van der Waals surface area contributed by atoms with Crippen LogP contribution in [0.4, 0.5) is 5.69 Å². The normalized spacial score (nSPS) is 19.1. The third-order valence-corrected chi connectivity index (χ3v) is 3.85. The quantitative estimate of drug-likeness (QED) is 0.363. The molecule has 1 aliphatic carbocycles. The molecule has 0 saturated heterocycles. The van der Waals surface area contributed by atoms with E-state index in [1.54, 1.807) is 0 Å². The second-order valence-electron chi connectivity index (χ2n) is 5.59. The summed E-state index contributed by atoms with van der Waals surface area (Å²) in [5, 5.41) is 14.5. The van der Waals surface area contributed by atoms with E-state index in [-0.39, 0.29) is 11.3 Å². The van der Waals surface area contributed by atoms with Crippen molar-refractivity contribution in [1.82, 2.24) is 0 Å². The lowest BCUT2D eigenvalue weighted by molar-refractivity contribution is -0.384. The lowest BCUT2D eigenvalue weighted by atomic mass is 9.85. The zero-order valence-electron chi connectivity index (χ0n) is 13.1. The number of allylic oxidation sites excluding steroid dienone is 3. The number of carbonyl (C=O) groups is 1. The van der Waals surface area contributed by atoms with Crippen molar-refractivity contribution >= 4 is 17.4 Å². The van der Waals surface area contributed by atoms with Gasteiger partial charge in [-0.25, -0.2) is 4.79 Å². The first-order chi connectivity index (χ1) is 10.9. The van der Waals surface area contributed by atoms with Crippen LogP contribution in [0.5, 0.6) is 0 Å². The maximum atomic E-state index is 12.0. The summed E-state index contributed by atoms with van der Waals surface area (Å²) >= 11 is 0. The fourth-order valence-electron chi connectivity index (χ4n) is 2.27. The van der Waals surface area contributed by atoms with Gasteiger partial charge in [0.1, 0.15) is 0 Å². The Labute approximate surface area is 134 Å². The number of nitro benzene ring substituents is 1. The van der Waals surface area contributed by atoms with E-state index >= 15 is 0 Å². The van der Waals surface area contributed by atoms with Crippen LogP contribution in [0.15, 0.2) is 53.2 Å². The van der Waals surface area contributed by atoms with Gasteiger partial charge in [-0.15, -0.1) is 0 Å². The standard InChI is InChI=1S/C17H18N2O4/c1-11(2)14-5-4-12(3)16(10-14)18-23-17(20)13-6-8-15(9-7-13)19(21)22/h4,6-9,14H,1,5,10H2,2-3H3/b18-16+. The monoisotopic (exact) mass is 314 g/mol. The van der Waals surface area contributed by atoms with Gasteiger partial charge in [0, 0.05) is 18.6 Å². The number of benzene rings is 1. The molecule has 0 aliphatic heterocycles. The van der Waals surface area contributed by atoms with Gasteiger partial charge in [-0.1, -0.05) is 23.4 Å². The van der Waals surface area contributed by atoms with E-state index in [4.69, 9.17) is 4.84 Å². The first-order valence-electron chi connectivity index (χ1n) is 7.23. The topological polar surface area (TPSA) is 81.8 Å². The Balaban J connectivity index is 2.07. The molecular weight excluding hydrogens is 296 g/mol. The summed E-state index contributed by atoms with van der Waals surface area (Å²) < 4.78 is 0. The third kappa shape index (κ3) is 4.12. The van der Waals surface area contributed by atoms with Crippen molar-refractivity contribution in [2.45, 2.75) is 26.7 Å². The molecular formula is C17H18N2O4. The number of oxime groups is 1. The van der Waals surface area contributed by atoms with E-state index in [1.165, 1.54) is 24.3 Å². The molecule has 0 N–H and O–H groups in total. The third-order valence-electron chi connectivity index (χ3n) is 3.85. The van der Waals surface area contributed by atoms with Gasteiger partial charge >= 0.3 is 5.97 Å². The Morgan fingerprint density at radius 1 is 1.39 bits per heavy atom. The van der Waals surface area contributed by atoms with E-state index in [1.807, 2.05) is 13.8 Å². The lowest BCUT2D eigenvalue weighted by Gasteiger charge is -2.21. The Morgan fingerprint density at radius 2 is 2.04 bits per heavy atom. The van der Waals surface area contributed by atoms with Crippen LogP contribution in [0.25, 0.3) is 0 Å². The Morgan fingerprint density at radius 3 is 2.61 bits per heavy atom. The van der Waals surface area contributed by atoms with Crippen LogP contribution >= 0.6 is 0 Å². The summed E-state index contributed by atoms with van der Waals surface area (Å²) in [4.78, 5) is 27.0. The molecule has 0 amide bonds. The van der Waals surface area contributed by atoms with E-state index in [0.717, 1.165) is 23.3 Å². The molecule has 0 saturated carbocycles. The highest BCUT2D eigenvalue weighted by molar-refractivity contribution is 6.01. The van der Waals surface area contributed by atoms with Crippen LogP contribution in [0.2, 0.25) is 0 Å². The maximum Gasteiger partial charge on any atom is 0.365 e. The van der Waals surface area contributed by atoms with Crippen LogP contribution in [0.3, 0.4) is 0 Å². The predicted molar refractivity (Wildman–Crippen MR) is 87.2 cm³/mol. The largest absolute Gasteiger partial charge is 0.365 e. The molecule has 1 aromatic rings. The second kappa shape index (κ2) is 7.00. The summed E-state index contributed by atoms with van der Waals surface area (Å²) in [6.45, 7) is 7.85. The molecule has 0 radical (unpaired) electrons. The SMILES string of the molecule is C=C(C)C1CC=C(C)/C(=N/OC(=O)c2ccc([N+](=O)[O-])cc2)C1. The van der Waals surface area contributed by atoms with Gasteiger partial charge in [0.25, 0.3) is 5.69 Å². The summed E-state index contributed by atoms with van der Waals surface area (Å²) in [6, 6.07) is 5.21. The van der Waals surface area contributed by atoms with Crippen LogP contribution < -0.4 is 0 Å². The van der Waals surface area contributed by atoms with Gasteiger partial charge in [-0.2, -0.15) is 0 Å². The fourth-order valence-corrected chi connectivity index (χ4v) is 2.27. The van der Waals surface area contributed by atoms with E-state index in [9.17, 15) is 14.9 Å². The van der Waals surface area contributed by atoms with Crippen molar-refractivity contribution in [2.75, 3.05) is 0 Å². The molecule has 6 heteroatoms. The lowest BCUT2D eigenvalue weighted by Crippen LogP contribution is -2.16. The minimum absolute atomic E-state index is 0.0803. The number of hydrogen-bond donors (Lipinski definition) is 0. The number of rotatable bonds is 4. The van der Waals surface area contributed by atoms with Crippen LogP contribution in [0, 0.1) is 16.0 Å². The zero-order chi connectivity index (χ0) is 17.0. The minimum Gasteiger partial charge on any atom is -0.313 e. The predicted octanol–water partition coefficient (Wildman–Crippen LogP) is 4.04. The van der Waals surface area contributed by atoms with Crippen LogP contribution in [-0.2, 0) is 4.84 Å². The average molecular weight is 314 g/mol. The number of non-ortho nitro benzene ring substituents is 1. The molecule has 1 aromatic carbocycles. The highest BCUT2D eigenvalue weighted by Gasteiger charge is 2.20. The fraction of sp³-hybridized carbons (Fsp3) is 0.294. The van der Waals surface area contributed by atoms with Crippen molar-refractivity contribution in [2.24, 2.45) is 11.1 Å². The molecule has 0 fully saturated rings. The highest BCUT2D eigenvalue weighted by Crippen LogP contribution is 2.26. The Kier molecular flexibility index (Phi) is 5.05. The first kappa shape index (κ1) is 16.6. The van der Waals surface area contributed by atoms with Crippen molar-refractivity contribution in [3.05, 3.63) is 63.7 Å². The minimum atomic E-state index is -0.641. The molecule has 0 bridgehead atoms. The van der Waals surface area contributed by atoms with Gasteiger partial charge in [-0.05, 0) is 43.9 Å². The van der Waals surface area contributed by atoms with Gasteiger partial charge < -0.3 is 4.84 Å². The van der Waals surface area contributed by atoms with Gasteiger partial charge in [0.05, 0.1) is 16.2 Å². The number of nitrogens with zero attached hydrogens (tertiary/aromatic N) is 2. The number of nitro groups is 1. The van der Waals surface area contributed by atoms with Crippen LogP contribution in [-0.4, -0.2) is 16.6 Å². The number of carbonyl (C=O) groups excluding carboxylic acids is 1. The molecule has 2 rings (SSSR count). The van der Waals surface area contributed by atoms with Gasteiger partial charge in [-0.3, -0.25) is 10.1 Å². The Hall–Kier alpha value is -2.76. The van der Waals surface area contributed by atoms with E-state index in [2.05, 4.69) is 17.8 Å². The zero-order valence-corrected chi connectivity index (χ0v) is 13.1. The van der Waals surface area contributed by atoms with Gasteiger partial charge in [0.15, 0.2) is 0 Å². The summed E-state index contributed by atoms with van der Waals surface area (Å²) in [6.07, 6.45) is 3.66. The molecule has 6 nitrogen and oxygen atoms in total. The molecule has 1 aliphatic rings. The van der Waals surface area contributed by atoms with E-state index < -0.39 is 10.9 Å². The summed E-state index contributed by atoms with van der Waals surface area (Å²) in [5.41, 5.74) is 2.92. The summed E-state index contributed by atoms with van der Waals surface area (Å²) in [5.74, 6) is -0.340. The Bertz CT molecular complexity index is 702. The van der Waals surface area contributed by atoms with Crippen molar-refractivity contribution in [3.8, 4) is 0 Å². The van der Waals surface area contributed by atoms with Crippen molar-refractivity contribution in [3.63, 3.8) is 0 Å². The molecule has 23 heavy (non-hydrogen) atoms. The van der Waals surface area contributed by atoms with Crippen molar-refractivity contribution < 1.29 is 14.6 Å². The molecule has 120 valence electrons. The maximum absolute atomic E-state index is 12.0. The van der Waals surface area contributed by atoms with Crippen molar-refractivity contribution in [1.29, 1.82) is 0 Å². The van der Waals surface area contributed by atoms with Crippen LogP contribution in [0.1, 0.15) is 37.0 Å². The second-order valence-corrected chi connectivity index (χ2v) is 5.59. The molecule has 0 spiro atoms. The average Bonchev–Trinajstić information content (AvgIpc) is 2.53. The summed E-state index contributed by atoms with van der Waals surface area (Å²) in [7, 11) is 0. The smallest absolute Gasteiger partial charge is 0.313 e. The molecule has 1 atom stereocenters. The molecule has 0 heterocycles. The highest BCUT2D eigenvalue weighted by atomic mass is 16.7. The van der Waals surface area contributed by atoms with E-state index in [0.29, 0.717) is 12.3 Å².